The Bertz CT molecular complexity index is 1010. The predicted octanol–water partition coefficient (Wildman–Crippen LogP) is 4.73. The van der Waals surface area contributed by atoms with Crippen molar-refractivity contribution in [3.63, 3.8) is 0 Å². The monoisotopic (exact) mass is 392 g/mol. The van der Waals surface area contributed by atoms with Crippen LogP contribution in [0.1, 0.15) is 35.9 Å². The van der Waals surface area contributed by atoms with Crippen molar-refractivity contribution in [3.05, 3.63) is 59.5 Å². The number of rotatable bonds is 4. The SMILES string of the molecule is COc1ccccc1-c1noc([C@H]2CCCN2C(=O)Nc2cc(C)cc(C)c2)n1. The number of methoxy groups -OCH3 is 1. The number of nitrogens with zero attached hydrogens (tertiary/aromatic N) is 3. The molecule has 3 aromatic rings. The van der Waals surface area contributed by atoms with E-state index in [1.54, 1.807) is 12.0 Å². The molecular formula is C22H24N4O3. The van der Waals surface area contributed by atoms with Crippen molar-refractivity contribution in [1.82, 2.24) is 15.0 Å². The first-order valence-electron chi connectivity index (χ1n) is 9.68. The van der Waals surface area contributed by atoms with Crippen molar-refractivity contribution < 1.29 is 14.1 Å². The summed E-state index contributed by atoms with van der Waals surface area (Å²) in [6, 6.07) is 13.1. The number of nitrogens with one attached hydrogen (secondary N) is 1. The van der Waals surface area contributed by atoms with Crippen molar-refractivity contribution in [2.24, 2.45) is 0 Å². The standard InChI is InChI=1S/C22H24N4O3/c1-14-11-15(2)13-16(12-14)23-22(27)26-10-6-8-18(26)21-24-20(25-29-21)17-7-4-5-9-19(17)28-3/h4-5,7,9,11-13,18H,6,8,10H2,1-3H3,(H,23,27)/t18-/m1/s1. The molecule has 29 heavy (non-hydrogen) atoms. The number of amides is 2. The number of anilines is 1. The molecule has 2 aromatic carbocycles. The molecule has 1 aliphatic rings. The van der Waals surface area contributed by atoms with Gasteiger partial charge in [0.1, 0.15) is 11.8 Å². The second-order valence-electron chi connectivity index (χ2n) is 7.31. The first kappa shape index (κ1) is 19.0. The van der Waals surface area contributed by atoms with Gasteiger partial charge in [-0.2, -0.15) is 4.98 Å². The summed E-state index contributed by atoms with van der Waals surface area (Å²) in [5.74, 6) is 1.58. The van der Waals surface area contributed by atoms with E-state index < -0.39 is 0 Å². The number of hydrogen-bond acceptors (Lipinski definition) is 5. The van der Waals surface area contributed by atoms with Crippen molar-refractivity contribution in [1.29, 1.82) is 0 Å². The summed E-state index contributed by atoms with van der Waals surface area (Å²) in [7, 11) is 1.61. The van der Waals surface area contributed by atoms with E-state index in [9.17, 15) is 4.79 Å². The lowest BCUT2D eigenvalue weighted by Gasteiger charge is -2.22. The predicted molar refractivity (Wildman–Crippen MR) is 110 cm³/mol. The summed E-state index contributed by atoms with van der Waals surface area (Å²) < 4.78 is 10.9. The molecular weight excluding hydrogens is 368 g/mol. The highest BCUT2D eigenvalue weighted by atomic mass is 16.5. The van der Waals surface area contributed by atoms with Gasteiger partial charge in [0.2, 0.25) is 11.7 Å². The molecule has 0 radical (unpaired) electrons. The third-order valence-electron chi connectivity index (χ3n) is 5.06. The molecule has 2 heterocycles. The molecule has 0 spiro atoms. The number of benzene rings is 2. The van der Waals surface area contributed by atoms with E-state index in [1.165, 1.54) is 0 Å². The minimum atomic E-state index is -0.239. The van der Waals surface area contributed by atoms with Gasteiger partial charge in [-0.3, -0.25) is 0 Å². The summed E-state index contributed by atoms with van der Waals surface area (Å²) in [5, 5.41) is 7.12. The molecule has 2 amide bonds. The van der Waals surface area contributed by atoms with Crippen molar-refractivity contribution >= 4 is 11.7 Å². The number of hydrogen-bond donors (Lipinski definition) is 1. The fourth-order valence-corrected chi connectivity index (χ4v) is 3.82. The molecule has 1 aliphatic heterocycles. The Balaban J connectivity index is 1.54. The average Bonchev–Trinajstić information content (AvgIpc) is 3.36. The largest absolute Gasteiger partial charge is 0.496 e. The van der Waals surface area contributed by atoms with Crippen LogP contribution in [0.25, 0.3) is 11.4 Å². The minimum Gasteiger partial charge on any atom is -0.496 e. The van der Waals surface area contributed by atoms with E-state index in [1.807, 2.05) is 50.2 Å². The molecule has 1 atom stereocenters. The lowest BCUT2D eigenvalue weighted by atomic mass is 10.1. The zero-order chi connectivity index (χ0) is 20.4. The Labute approximate surface area is 169 Å². The summed E-state index contributed by atoms with van der Waals surface area (Å²) in [6.45, 7) is 4.67. The van der Waals surface area contributed by atoms with Gasteiger partial charge in [-0.25, -0.2) is 4.79 Å². The Kier molecular flexibility index (Phi) is 5.20. The molecule has 0 saturated carbocycles. The Hall–Kier alpha value is -3.35. The maximum Gasteiger partial charge on any atom is 0.322 e. The Morgan fingerprint density at radius 2 is 1.97 bits per heavy atom. The first-order chi connectivity index (χ1) is 14.0. The van der Waals surface area contributed by atoms with Crippen LogP contribution in [0.4, 0.5) is 10.5 Å². The highest BCUT2D eigenvalue weighted by molar-refractivity contribution is 5.90. The summed E-state index contributed by atoms with van der Waals surface area (Å²) in [4.78, 5) is 19.2. The van der Waals surface area contributed by atoms with Crippen LogP contribution in [0.3, 0.4) is 0 Å². The zero-order valence-corrected chi connectivity index (χ0v) is 16.8. The molecule has 1 N–H and O–H groups in total. The van der Waals surface area contributed by atoms with Crippen molar-refractivity contribution in [2.75, 3.05) is 19.0 Å². The van der Waals surface area contributed by atoms with Crippen LogP contribution < -0.4 is 10.1 Å². The van der Waals surface area contributed by atoms with Gasteiger partial charge >= 0.3 is 6.03 Å². The van der Waals surface area contributed by atoms with Gasteiger partial charge < -0.3 is 19.5 Å². The highest BCUT2D eigenvalue weighted by Crippen LogP contribution is 2.34. The van der Waals surface area contributed by atoms with Gasteiger partial charge in [-0.05, 0) is 62.1 Å². The number of aromatic nitrogens is 2. The van der Waals surface area contributed by atoms with Crippen LogP contribution in [0.15, 0.2) is 47.0 Å². The van der Waals surface area contributed by atoms with Crippen LogP contribution >= 0.6 is 0 Å². The van der Waals surface area contributed by atoms with Gasteiger partial charge in [-0.1, -0.05) is 23.4 Å². The normalized spacial score (nSPS) is 16.1. The fraction of sp³-hybridized carbons (Fsp3) is 0.318. The molecule has 7 heteroatoms. The smallest absolute Gasteiger partial charge is 0.322 e. The molecule has 150 valence electrons. The van der Waals surface area contributed by atoms with Crippen LogP contribution in [-0.4, -0.2) is 34.7 Å². The fourth-order valence-electron chi connectivity index (χ4n) is 3.82. The Morgan fingerprint density at radius 3 is 2.72 bits per heavy atom. The molecule has 1 saturated heterocycles. The first-order valence-corrected chi connectivity index (χ1v) is 9.68. The minimum absolute atomic E-state index is 0.158. The molecule has 4 rings (SSSR count). The van der Waals surface area contributed by atoms with Gasteiger partial charge in [0.25, 0.3) is 0 Å². The summed E-state index contributed by atoms with van der Waals surface area (Å²) >= 11 is 0. The summed E-state index contributed by atoms with van der Waals surface area (Å²) in [5.41, 5.74) is 3.76. The molecule has 0 bridgehead atoms. The number of carbonyl (C=O) groups excluding carboxylic acids is 1. The maximum atomic E-state index is 12.9. The zero-order valence-electron chi connectivity index (χ0n) is 16.8. The van der Waals surface area contributed by atoms with E-state index in [0.29, 0.717) is 24.0 Å². The number of aryl methyl sites for hydroxylation is 2. The Morgan fingerprint density at radius 1 is 1.21 bits per heavy atom. The molecule has 0 aliphatic carbocycles. The lowest BCUT2D eigenvalue weighted by molar-refractivity contribution is 0.193. The van der Waals surface area contributed by atoms with Gasteiger partial charge in [0, 0.05) is 12.2 Å². The summed E-state index contributed by atoms with van der Waals surface area (Å²) in [6.07, 6.45) is 1.67. The van der Waals surface area contributed by atoms with Gasteiger partial charge in [0.05, 0.1) is 12.7 Å². The number of para-hydroxylation sites is 1. The van der Waals surface area contributed by atoms with E-state index in [4.69, 9.17) is 9.26 Å². The number of carbonyl (C=O) groups is 1. The second kappa shape index (κ2) is 7.95. The second-order valence-corrected chi connectivity index (χ2v) is 7.31. The lowest BCUT2D eigenvalue weighted by Crippen LogP contribution is -2.34. The number of likely N-dealkylation sites (tertiary alicyclic amines) is 1. The van der Waals surface area contributed by atoms with Gasteiger partial charge in [0.15, 0.2) is 0 Å². The molecule has 0 unspecified atom stereocenters. The molecule has 1 aromatic heterocycles. The molecule has 1 fully saturated rings. The van der Waals surface area contributed by atoms with Crippen LogP contribution in [0.5, 0.6) is 5.75 Å². The van der Waals surface area contributed by atoms with Crippen LogP contribution in [-0.2, 0) is 0 Å². The van der Waals surface area contributed by atoms with Crippen molar-refractivity contribution in [3.8, 4) is 17.1 Å². The average molecular weight is 392 g/mol. The topological polar surface area (TPSA) is 80.5 Å². The molecule has 7 nitrogen and oxygen atoms in total. The van der Waals surface area contributed by atoms with E-state index in [2.05, 4.69) is 21.5 Å². The van der Waals surface area contributed by atoms with Crippen molar-refractivity contribution in [2.45, 2.75) is 32.7 Å². The van der Waals surface area contributed by atoms with Gasteiger partial charge in [-0.15, -0.1) is 0 Å². The number of urea groups is 1. The van der Waals surface area contributed by atoms with Crippen LogP contribution in [0.2, 0.25) is 0 Å². The third-order valence-corrected chi connectivity index (χ3v) is 5.06. The third kappa shape index (κ3) is 3.94. The van der Waals surface area contributed by atoms with Crippen LogP contribution in [0, 0.1) is 13.8 Å². The van der Waals surface area contributed by atoms with E-state index in [0.717, 1.165) is 35.2 Å². The van der Waals surface area contributed by atoms with E-state index >= 15 is 0 Å². The maximum absolute atomic E-state index is 12.9. The quantitative estimate of drug-likeness (QED) is 0.694. The highest BCUT2D eigenvalue weighted by Gasteiger charge is 2.34. The van der Waals surface area contributed by atoms with E-state index in [-0.39, 0.29) is 12.1 Å². The number of ether oxygens (including phenoxy) is 1.